The van der Waals surface area contributed by atoms with Crippen LogP contribution in [-0.4, -0.2) is 40.4 Å². The number of amides is 1. The van der Waals surface area contributed by atoms with Crippen molar-refractivity contribution in [2.75, 3.05) is 13.2 Å². The number of aliphatic hydroxyl groups is 2. The molecule has 1 saturated carbocycles. The molecule has 1 aliphatic carbocycles. The minimum Gasteiger partial charge on any atom is -0.394 e. The van der Waals surface area contributed by atoms with Crippen LogP contribution in [0.2, 0.25) is 0 Å². The monoisotopic (exact) mass is 418 g/mol. The molecule has 5 nitrogen and oxygen atoms in total. The quantitative estimate of drug-likeness (QED) is 0.496. The highest BCUT2D eigenvalue weighted by atomic mass is 19.1. The van der Waals surface area contributed by atoms with Crippen molar-refractivity contribution in [3.05, 3.63) is 59.4 Å². The van der Waals surface area contributed by atoms with E-state index in [0.29, 0.717) is 35.0 Å². The number of nitrogens with one attached hydrogen (secondary N) is 2. The average molecular weight is 418 g/mol. The molecule has 30 heavy (non-hydrogen) atoms. The lowest BCUT2D eigenvalue weighted by Crippen LogP contribution is -2.41. The number of aromatic amines is 1. The number of rotatable bonds is 6. The van der Waals surface area contributed by atoms with E-state index in [9.17, 15) is 23.1 Å². The van der Waals surface area contributed by atoms with Gasteiger partial charge in [-0.1, -0.05) is 0 Å². The second kappa shape index (κ2) is 8.12. The summed E-state index contributed by atoms with van der Waals surface area (Å²) >= 11 is 0. The largest absolute Gasteiger partial charge is 0.394 e. The van der Waals surface area contributed by atoms with Gasteiger partial charge in [-0.05, 0) is 60.2 Å². The van der Waals surface area contributed by atoms with Gasteiger partial charge in [-0.2, -0.15) is 0 Å². The molecule has 1 atom stereocenters. The van der Waals surface area contributed by atoms with Gasteiger partial charge in [-0.15, -0.1) is 0 Å². The maximum absolute atomic E-state index is 14.4. The van der Waals surface area contributed by atoms with Crippen LogP contribution >= 0.6 is 0 Å². The number of aliphatic hydroxyl groups excluding tert-OH is 2. The van der Waals surface area contributed by atoms with Crippen LogP contribution in [0, 0.1) is 23.4 Å². The normalized spacial score (nSPS) is 19.5. The van der Waals surface area contributed by atoms with E-state index in [1.165, 1.54) is 18.2 Å². The van der Waals surface area contributed by atoms with Crippen molar-refractivity contribution in [1.29, 1.82) is 0 Å². The third kappa shape index (κ3) is 3.80. The summed E-state index contributed by atoms with van der Waals surface area (Å²) in [5, 5.41) is 21.2. The molecule has 3 aromatic rings. The van der Waals surface area contributed by atoms with Crippen molar-refractivity contribution in [2.45, 2.75) is 24.9 Å². The first-order chi connectivity index (χ1) is 14.4. The number of halogens is 3. The van der Waals surface area contributed by atoms with Crippen molar-refractivity contribution in [3.63, 3.8) is 0 Å². The molecule has 0 saturated heterocycles. The van der Waals surface area contributed by atoms with E-state index in [1.807, 2.05) is 0 Å². The molecule has 158 valence electrons. The van der Waals surface area contributed by atoms with Gasteiger partial charge in [0, 0.05) is 23.9 Å². The Labute approximate surface area is 170 Å². The zero-order valence-corrected chi connectivity index (χ0v) is 16.0. The van der Waals surface area contributed by atoms with Gasteiger partial charge in [0.05, 0.1) is 23.9 Å². The molecule has 1 unspecified atom stereocenters. The molecule has 8 heteroatoms. The third-order valence-electron chi connectivity index (χ3n) is 5.64. The number of hydrogen-bond acceptors (Lipinski definition) is 3. The Morgan fingerprint density at radius 3 is 2.50 bits per heavy atom. The minimum absolute atomic E-state index is 0.0408. The molecule has 2 aromatic carbocycles. The first-order valence-electron chi connectivity index (χ1n) is 9.70. The maximum Gasteiger partial charge on any atom is 0.223 e. The summed E-state index contributed by atoms with van der Waals surface area (Å²) in [5.41, 5.74) is 2.09. The Morgan fingerprint density at radius 2 is 1.83 bits per heavy atom. The Kier molecular flexibility index (Phi) is 5.53. The fraction of sp³-hybridized carbons (Fsp3) is 0.318. The zero-order valence-electron chi connectivity index (χ0n) is 16.0. The van der Waals surface area contributed by atoms with E-state index in [-0.39, 0.29) is 29.8 Å². The van der Waals surface area contributed by atoms with Gasteiger partial charge in [0.1, 0.15) is 17.5 Å². The number of H-pyrrole nitrogens is 1. The van der Waals surface area contributed by atoms with E-state index in [1.54, 1.807) is 12.1 Å². The van der Waals surface area contributed by atoms with E-state index in [0.717, 1.165) is 6.07 Å². The summed E-state index contributed by atoms with van der Waals surface area (Å²) < 4.78 is 41.7. The Hall–Kier alpha value is -2.84. The highest BCUT2D eigenvalue weighted by molar-refractivity contribution is 5.92. The highest BCUT2D eigenvalue weighted by Gasteiger charge is 2.38. The van der Waals surface area contributed by atoms with Gasteiger partial charge in [0.15, 0.2) is 0 Å². The van der Waals surface area contributed by atoms with Gasteiger partial charge >= 0.3 is 0 Å². The van der Waals surface area contributed by atoms with Gasteiger partial charge in [-0.25, -0.2) is 13.2 Å². The molecule has 1 aliphatic rings. The predicted molar refractivity (Wildman–Crippen MR) is 105 cm³/mol. The van der Waals surface area contributed by atoms with E-state index in [2.05, 4.69) is 10.3 Å². The van der Waals surface area contributed by atoms with Crippen molar-refractivity contribution in [1.82, 2.24) is 10.3 Å². The summed E-state index contributed by atoms with van der Waals surface area (Å²) in [7, 11) is 0. The molecular formula is C22H21F3N2O3. The van der Waals surface area contributed by atoms with E-state index in [4.69, 9.17) is 5.11 Å². The van der Waals surface area contributed by atoms with Gasteiger partial charge in [0.25, 0.3) is 0 Å². The molecule has 1 aromatic heterocycles. The smallest absolute Gasteiger partial charge is 0.223 e. The standard InChI is InChI=1S/C22H21F3N2O3/c23-14-3-1-11(2-4-14)20-19(17-7-15(24)8-18(25)21(17)27-20)12-5-13(6-12)22(30)26-9-16(29)10-28/h1-4,7-8,12-13,16,27-29H,5-6,9-10H2,(H,26,30). The Morgan fingerprint density at radius 1 is 1.13 bits per heavy atom. The summed E-state index contributed by atoms with van der Waals surface area (Å²) in [6, 6.07) is 7.80. The van der Waals surface area contributed by atoms with Crippen LogP contribution in [-0.2, 0) is 4.79 Å². The lowest BCUT2D eigenvalue weighted by molar-refractivity contribution is -0.128. The van der Waals surface area contributed by atoms with Crippen LogP contribution < -0.4 is 5.32 Å². The SMILES string of the molecule is O=C(NCC(O)CO)C1CC(c2c(-c3ccc(F)cc3)[nH]c3c(F)cc(F)cc23)C1. The fourth-order valence-corrected chi connectivity index (χ4v) is 4.00. The van der Waals surface area contributed by atoms with Crippen molar-refractivity contribution in [3.8, 4) is 11.3 Å². The first-order valence-corrected chi connectivity index (χ1v) is 9.70. The number of carbonyl (C=O) groups is 1. The summed E-state index contributed by atoms with van der Waals surface area (Å²) in [4.78, 5) is 15.3. The van der Waals surface area contributed by atoms with Gasteiger partial charge < -0.3 is 20.5 Å². The Balaban J connectivity index is 1.64. The van der Waals surface area contributed by atoms with Crippen LogP contribution in [0.5, 0.6) is 0 Å². The molecule has 1 heterocycles. The lowest BCUT2D eigenvalue weighted by Gasteiger charge is -2.35. The van der Waals surface area contributed by atoms with E-state index < -0.39 is 30.2 Å². The van der Waals surface area contributed by atoms with Crippen LogP contribution in [0.15, 0.2) is 36.4 Å². The molecule has 0 bridgehead atoms. The van der Waals surface area contributed by atoms with Crippen molar-refractivity contribution >= 4 is 16.8 Å². The summed E-state index contributed by atoms with van der Waals surface area (Å²) in [6.45, 7) is -0.484. The number of carbonyl (C=O) groups excluding carboxylic acids is 1. The van der Waals surface area contributed by atoms with Gasteiger partial charge in [-0.3, -0.25) is 4.79 Å². The maximum atomic E-state index is 14.4. The lowest BCUT2D eigenvalue weighted by atomic mass is 9.70. The predicted octanol–water partition coefficient (Wildman–Crippen LogP) is 3.22. The molecular weight excluding hydrogens is 397 g/mol. The van der Waals surface area contributed by atoms with Gasteiger partial charge in [0.2, 0.25) is 5.91 Å². The summed E-state index contributed by atoms with van der Waals surface area (Å²) in [5.74, 6) is -2.47. The van der Waals surface area contributed by atoms with E-state index >= 15 is 0 Å². The highest BCUT2D eigenvalue weighted by Crippen LogP contribution is 2.48. The molecule has 0 radical (unpaired) electrons. The number of benzene rings is 2. The molecule has 4 N–H and O–H groups in total. The van der Waals surface area contributed by atoms with Crippen LogP contribution in [0.1, 0.15) is 24.3 Å². The van der Waals surface area contributed by atoms with Crippen LogP contribution in [0.25, 0.3) is 22.2 Å². The number of aromatic nitrogens is 1. The van der Waals surface area contributed by atoms with Crippen LogP contribution in [0.4, 0.5) is 13.2 Å². The molecule has 1 amide bonds. The second-order valence-electron chi connectivity index (χ2n) is 7.68. The average Bonchev–Trinajstić information content (AvgIpc) is 3.05. The second-order valence-corrected chi connectivity index (χ2v) is 7.68. The molecule has 4 rings (SSSR count). The Bertz CT molecular complexity index is 1080. The number of fused-ring (bicyclic) bond motifs is 1. The third-order valence-corrected chi connectivity index (χ3v) is 5.64. The first kappa shape index (κ1) is 20.4. The minimum atomic E-state index is -1.02. The molecule has 0 aliphatic heterocycles. The molecule has 1 fully saturated rings. The summed E-state index contributed by atoms with van der Waals surface area (Å²) in [6.07, 6.45) is -0.0739. The number of hydrogen-bond donors (Lipinski definition) is 4. The molecule has 0 spiro atoms. The zero-order chi connectivity index (χ0) is 21.4. The van der Waals surface area contributed by atoms with Crippen molar-refractivity contribution in [2.24, 2.45) is 5.92 Å². The topological polar surface area (TPSA) is 85.3 Å². The van der Waals surface area contributed by atoms with Crippen LogP contribution in [0.3, 0.4) is 0 Å². The van der Waals surface area contributed by atoms with Crippen molar-refractivity contribution < 1.29 is 28.2 Å². The fourth-order valence-electron chi connectivity index (χ4n) is 4.00.